The van der Waals surface area contributed by atoms with Crippen molar-refractivity contribution in [1.82, 2.24) is 0 Å². The molecule has 0 aromatic carbocycles. The van der Waals surface area contributed by atoms with Crippen LogP contribution in [0.3, 0.4) is 0 Å². The predicted octanol–water partition coefficient (Wildman–Crippen LogP) is 24.4. The van der Waals surface area contributed by atoms with E-state index in [1.807, 2.05) is 0 Å². The highest BCUT2D eigenvalue weighted by Gasteiger charge is 2.64. The molecule has 4 N–H and O–H groups in total. The molecule has 0 amide bonds. The van der Waals surface area contributed by atoms with Crippen LogP contribution in [0, 0.1) is 5.41 Å². The van der Waals surface area contributed by atoms with Gasteiger partial charge in [-0.25, -0.2) is 8.34 Å². The highest BCUT2D eigenvalue weighted by molar-refractivity contribution is 8.52. The van der Waals surface area contributed by atoms with Crippen LogP contribution in [0.2, 0.25) is 0 Å². The van der Waals surface area contributed by atoms with E-state index in [0.717, 1.165) is 100 Å². The van der Waals surface area contributed by atoms with Crippen molar-refractivity contribution in [2.75, 3.05) is 42.8 Å². The van der Waals surface area contributed by atoms with Crippen molar-refractivity contribution in [3.8, 4) is 0 Å². The third-order valence-electron chi connectivity index (χ3n) is 21.9. The number of carbonyl (C=O) groups is 4. The van der Waals surface area contributed by atoms with Gasteiger partial charge in [-0.15, -0.1) is 0 Å². The molecule has 1 aliphatic rings. The Kier molecular flexibility index (Phi) is 56.2. The topological polar surface area (TPSA) is 166 Å². The van der Waals surface area contributed by atoms with Crippen molar-refractivity contribution in [2.45, 2.75) is 440 Å². The van der Waals surface area contributed by atoms with Crippen molar-refractivity contribution in [3.05, 3.63) is 0 Å². The molecule has 0 spiro atoms. The molecule has 0 saturated heterocycles. The monoisotopic (exact) mass is 1360 g/mol. The largest absolute Gasteiger partial charge is 0.465 e. The van der Waals surface area contributed by atoms with Crippen LogP contribution in [-0.4, -0.2) is 78.4 Å². The van der Waals surface area contributed by atoms with Gasteiger partial charge in [0.15, 0.2) is 0 Å². The molecule has 11 nitrogen and oxygen atoms in total. The quantitative estimate of drug-likeness (QED) is 0.0257. The Morgan fingerprint density at radius 2 is 0.527 bits per heavy atom. The van der Waals surface area contributed by atoms with Crippen LogP contribution in [0.25, 0.3) is 0 Å². The lowest BCUT2D eigenvalue weighted by Gasteiger charge is -2.55. The van der Waals surface area contributed by atoms with Crippen molar-refractivity contribution in [3.63, 3.8) is 0 Å². The van der Waals surface area contributed by atoms with Crippen molar-refractivity contribution >= 4 is 38.8 Å². The lowest BCUT2D eigenvalue weighted by molar-refractivity contribution is -0.190. The molecule has 1 aliphatic carbocycles. The molecule has 0 aromatic heterocycles. The first-order chi connectivity index (χ1) is 45.2. The molecule has 0 aromatic rings. The highest BCUT2D eigenvalue weighted by Crippen LogP contribution is 2.61. The maximum atomic E-state index is 14.7. The first-order valence-corrected chi connectivity index (χ1v) is 46.1. The average Bonchev–Trinajstić information content (AvgIpc) is 1.51. The van der Waals surface area contributed by atoms with Crippen molar-refractivity contribution in [2.24, 2.45) is 16.4 Å². The molecule has 0 bridgehead atoms. The third-order valence-corrected chi connectivity index (χ3v) is 38.2. The van der Waals surface area contributed by atoms with Gasteiger partial charge in [-0.3, -0.25) is 30.2 Å². The Bertz CT molecular complexity index is 1830. The minimum atomic E-state index is -3.37. The van der Waals surface area contributed by atoms with Gasteiger partial charge in [0, 0.05) is 25.7 Å². The second-order valence-electron chi connectivity index (χ2n) is 29.4. The number of unbranched alkanes of at least 4 members (excludes halogenated alkanes) is 48. The van der Waals surface area contributed by atoms with Gasteiger partial charge in [0.05, 0.1) is 5.41 Å². The van der Waals surface area contributed by atoms with Gasteiger partial charge in [0.25, 0.3) is 0 Å². The van der Waals surface area contributed by atoms with Crippen molar-refractivity contribution in [1.29, 1.82) is 0 Å². The number of esters is 4. The zero-order valence-electron chi connectivity index (χ0n) is 63.2. The fourth-order valence-electron chi connectivity index (χ4n) is 14.7. The van der Waals surface area contributed by atoms with Crippen LogP contribution in [0.4, 0.5) is 0 Å². The van der Waals surface area contributed by atoms with E-state index >= 15 is 0 Å². The summed E-state index contributed by atoms with van der Waals surface area (Å²) in [5.41, 5.74) is 12.7. The Hall–Kier alpha value is -1.46. The Morgan fingerprint density at radius 1 is 0.312 bits per heavy atom. The van der Waals surface area contributed by atoms with Crippen LogP contribution in [0.1, 0.15) is 428 Å². The van der Waals surface area contributed by atoms with Crippen LogP contribution in [0.5, 0.6) is 0 Å². The van der Waals surface area contributed by atoms with E-state index < -0.39 is 38.0 Å². The first-order valence-electron chi connectivity index (χ1n) is 40.9. The summed E-state index contributed by atoms with van der Waals surface area (Å²) in [7, 11) is -2.69. The zero-order chi connectivity index (χ0) is 68.3. The summed E-state index contributed by atoms with van der Waals surface area (Å²) in [5, 5.41) is 0. The zero-order valence-corrected chi connectivity index (χ0v) is 64.9. The number of hydrogen-bond acceptors (Lipinski definition) is 9. The Balaban J connectivity index is 3.58. The minimum Gasteiger partial charge on any atom is -0.465 e. The smallest absolute Gasteiger partial charge is 0.306 e. The lowest BCUT2D eigenvalue weighted by atomic mass is 9.82. The summed E-state index contributed by atoms with van der Waals surface area (Å²) in [5.74, 6) is 1.66. The van der Waals surface area contributed by atoms with Gasteiger partial charge in [0.2, 0.25) is 0 Å². The fraction of sp³-hybridized carbons (Fsp3) is 0.950. The Labute approximate surface area is 577 Å². The van der Waals surface area contributed by atoms with E-state index in [2.05, 4.69) is 55.4 Å². The van der Waals surface area contributed by atoms with Gasteiger partial charge in [-0.2, -0.15) is 0 Å². The summed E-state index contributed by atoms with van der Waals surface area (Å²) in [6.45, 7) is 13.9. The van der Waals surface area contributed by atoms with E-state index in [0.29, 0.717) is 19.3 Å². The molecule has 0 aliphatic heterocycles. The summed E-state index contributed by atoms with van der Waals surface area (Å²) in [6.07, 6.45) is 63.0. The fourth-order valence-corrected chi connectivity index (χ4v) is 25.7. The highest BCUT2D eigenvalue weighted by atomic mass is 32.6. The van der Waals surface area contributed by atoms with Crippen LogP contribution in [-0.2, 0) is 51.0 Å². The Morgan fingerprint density at radius 3 is 0.763 bits per heavy atom. The molecular weight excluding hydrogens is 1200 g/mol. The molecule has 1 rings (SSSR count). The van der Waals surface area contributed by atoms with Crippen LogP contribution < -0.4 is 11.0 Å². The van der Waals surface area contributed by atoms with E-state index in [4.69, 9.17) is 34.5 Å². The second-order valence-corrected chi connectivity index (χ2v) is 41.5. The lowest BCUT2D eigenvalue weighted by Crippen LogP contribution is -2.57. The summed E-state index contributed by atoms with van der Waals surface area (Å²) < 4.78 is 33.6. The van der Waals surface area contributed by atoms with Gasteiger partial charge in [-0.1, -0.05) is 364 Å². The van der Waals surface area contributed by atoms with E-state index in [1.54, 1.807) is 0 Å². The standard InChI is InChI=1S/C80H159N2O9PS/c1-9-17-21-25-29-33-37-41-45-49-53-57-61-65-74(83)87-71-79(72-88-75(84)66-62-58-54-50-46-42-38-34-30-26-22-18-10-2)69-70-80(91-92(81,82)93(13-5,14-6,15-7)16-8,73-89-76(85)67-63-59-55-51-47-43-39-35-31-27-23-19-11-3)78(79)90-77(86)68-64-60-56-52-48-44-40-36-32-28-24-20-12-4/h78H,9-73,81-82H2,1-8H3. The first kappa shape index (κ1) is 89.6. The molecule has 1 fully saturated rings. The number of nitrogens with two attached hydrogens (primary N) is 2. The van der Waals surface area contributed by atoms with E-state index in [9.17, 15) is 19.2 Å². The predicted molar refractivity (Wildman–Crippen MR) is 404 cm³/mol. The number of carbonyl (C=O) groups excluding carboxylic acids is 4. The SMILES string of the molecule is CCCCCCCCCCCCCCCC(=O)OCC1(COC(=O)CCCCCCCCCCCCCCC)CCC(COC(=O)CCCCCCCCCCCCCCC)(OP(N)(N)=S(CC)(CC)(CC)CC)C1OC(=O)CCCCCCCCCCCCCCC. The van der Waals surface area contributed by atoms with Gasteiger partial charge >= 0.3 is 23.9 Å². The number of hydrogen-bond donors (Lipinski definition) is 2. The minimum absolute atomic E-state index is 0.156. The summed E-state index contributed by atoms with van der Waals surface area (Å²) in [6, 6.07) is 0. The molecular formula is C80H159N2O9PS. The maximum Gasteiger partial charge on any atom is 0.306 e. The molecule has 2 atom stereocenters. The number of rotatable bonds is 69. The normalized spacial score (nSPS) is 16.2. The second kappa shape index (κ2) is 58.3. The number of ether oxygens (including phenoxy) is 4. The van der Waals surface area contributed by atoms with Crippen LogP contribution >= 0.6 is 6.57 Å². The molecule has 554 valence electrons. The van der Waals surface area contributed by atoms with Crippen LogP contribution in [0.15, 0.2) is 0 Å². The van der Waals surface area contributed by atoms with E-state index in [-0.39, 0.29) is 69.8 Å². The molecule has 0 radical (unpaired) electrons. The van der Waals surface area contributed by atoms with Gasteiger partial charge < -0.3 is 23.5 Å². The van der Waals surface area contributed by atoms with Crippen molar-refractivity contribution < 1.29 is 42.6 Å². The molecule has 13 heteroatoms. The summed E-state index contributed by atoms with van der Waals surface area (Å²) in [4.78, 5) is 56.9. The van der Waals surface area contributed by atoms with E-state index in [1.165, 1.54) is 244 Å². The average molecular weight is 1360 g/mol. The van der Waals surface area contributed by atoms with Gasteiger partial charge in [0.1, 0.15) is 38.1 Å². The third kappa shape index (κ3) is 39.8. The molecule has 93 heavy (non-hydrogen) atoms. The molecule has 0 heterocycles. The summed E-state index contributed by atoms with van der Waals surface area (Å²) >= 11 is 0. The maximum absolute atomic E-state index is 14.7. The molecule has 2 unspecified atom stereocenters. The molecule has 1 saturated carbocycles. The van der Waals surface area contributed by atoms with Gasteiger partial charge in [-0.05, 0) is 61.5 Å².